The van der Waals surface area contributed by atoms with Crippen LogP contribution in [0, 0.1) is 0 Å². The Morgan fingerprint density at radius 2 is 0.763 bits per heavy atom. The molecule has 0 atom stereocenters. The van der Waals surface area contributed by atoms with E-state index in [4.69, 9.17) is 0 Å². The van der Waals surface area contributed by atoms with Crippen molar-refractivity contribution in [3.05, 3.63) is 258 Å². The molecule has 2 aliphatic carbocycles. The quantitative estimate of drug-likeness (QED) is 0.163. The summed E-state index contributed by atoms with van der Waals surface area (Å²) >= 11 is 0. The van der Waals surface area contributed by atoms with Gasteiger partial charge in [0.25, 0.3) is 0 Å². The van der Waals surface area contributed by atoms with Crippen molar-refractivity contribution in [1.29, 1.82) is 0 Å². The molecule has 280 valence electrons. The third-order valence-electron chi connectivity index (χ3n) is 13.0. The number of anilines is 3. The first-order valence-electron chi connectivity index (χ1n) is 20.7. The van der Waals surface area contributed by atoms with Gasteiger partial charge in [0, 0.05) is 22.4 Å². The van der Waals surface area contributed by atoms with E-state index in [0.717, 1.165) is 17.1 Å². The van der Waals surface area contributed by atoms with E-state index >= 15 is 0 Å². The summed E-state index contributed by atoms with van der Waals surface area (Å²) in [7, 11) is 0. The lowest BCUT2D eigenvalue weighted by Gasteiger charge is -2.46. The third kappa shape index (κ3) is 5.31. The average Bonchev–Trinajstić information content (AvgIpc) is 3.60. The molecule has 0 saturated carbocycles. The monoisotopic (exact) mass is 753 g/mol. The molecule has 0 amide bonds. The van der Waals surface area contributed by atoms with Gasteiger partial charge in [-0.25, -0.2) is 0 Å². The number of hydrogen-bond acceptors (Lipinski definition) is 1. The molecule has 59 heavy (non-hydrogen) atoms. The Balaban J connectivity index is 1.22. The van der Waals surface area contributed by atoms with Crippen LogP contribution in [0.15, 0.2) is 224 Å². The SMILES string of the molecule is CC1(C)c2ccccc2C2(c3cc(N(c4ccc(-c5ccccc5)cc4)c4ccccc4-c4ccccc4)ccc3-c3c(-c4ccccc4)cccc32)c2ccccc21. The Hall–Kier alpha value is -7.22. The average molecular weight is 754 g/mol. The van der Waals surface area contributed by atoms with Crippen molar-refractivity contribution in [2.45, 2.75) is 24.7 Å². The van der Waals surface area contributed by atoms with Gasteiger partial charge >= 0.3 is 0 Å². The molecule has 0 bridgehead atoms. The standard InChI is InChI=1S/C58H43N/c1-57(2)49-27-13-15-29-51(49)58(52-30-16-14-28-50(52)57)53-31-18-26-47(43-23-10-5-11-24-43)56(53)48-38-37-45(39-54(48)58)59(44-35-33-41(34-36-44)40-19-6-3-7-20-40)55-32-17-12-25-46(55)42-21-8-4-9-22-42/h3-39H,1-2H3. The van der Waals surface area contributed by atoms with Crippen LogP contribution in [-0.2, 0) is 10.8 Å². The number of para-hydroxylation sites is 1. The van der Waals surface area contributed by atoms with Gasteiger partial charge in [-0.3, -0.25) is 0 Å². The molecule has 0 N–H and O–H groups in total. The van der Waals surface area contributed by atoms with Crippen molar-refractivity contribution in [3.63, 3.8) is 0 Å². The number of benzene rings is 9. The van der Waals surface area contributed by atoms with E-state index in [2.05, 4.69) is 243 Å². The maximum Gasteiger partial charge on any atom is 0.0720 e. The lowest BCUT2D eigenvalue weighted by molar-refractivity contribution is 0.563. The van der Waals surface area contributed by atoms with Crippen LogP contribution in [0.25, 0.3) is 44.5 Å². The van der Waals surface area contributed by atoms with Gasteiger partial charge in [0.1, 0.15) is 0 Å². The van der Waals surface area contributed by atoms with Crippen LogP contribution in [-0.4, -0.2) is 0 Å². The Bertz CT molecular complexity index is 2950. The maximum atomic E-state index is 2.52. The molecule has 0 radical (unpaired) electrons. The molecule has 0 saturated heterocycles. The lowest BCUT2D eigenvalue weighted by Crippen LogP contribution is -2.40. The van der Waals surface area contributed by atoms with Gasteiger partial charge < -0.3 is 4.90 Å². The largest absolute Gasteiger partial charge is 0.310 e. The van der Waals surface area contributed by atoms with Gasteiger partial charge in [0.15, 0.2) is 0 Å². The molecule has 0 fully saturated rings. The summed E-state index contributed by atoms with van der Waals surface area (Å²) in [6.45, 7) is 4.79. The molecule has 0 heterocycles. The van der Waals surface area contributed by atoms with Crippen molar-refractivity contribution < 1.29 is 0 Å². The molecule has 9 aromatic carbocycles. The molecule has 2 aliphatic rings. The van der Waals surface area contributed by atoms with Crippen LogP contribution in [0.5, 0.6) is 0 Å². The molecule has 0 aromatic heterocycles. The number of fused-ring (bicyclic) bond motifs is 9. The van der Waals surface area contributed by atoms with E-state index in [-0.39, 0.29) is 5.41 Å². The van der Waals surface area contributed by atoms with Crippen molar-refractivity contribution in [1.82, 2.24) is 0 Å². The Morgan fingerprint density at radius 3 is 1.39 bits per heavy atom. The Labute approximate surface area is 347 Å². The molecular weight excluding hydrogens is 711 g/mol. The highest BCUT2D eigenvalue weighted by Gasteiger charge is 2.54. The second kappa shape index (κ2) is 13.7. The number of nitrogens with zero attached hydrogens (tertiary/aromatic N) is 1. The molecule has 0 unspecified atom stereocenters. The van der Waals surface area contributed by atoms with E-state index in [1.807, 2.05) is 0 Å². The van der Waals surface area contributed by atoms with Gasteiger partial charge in [-0.2, -0.15) is 0 Å². The van der Waals surface area contributed by atoms with Crippen molar-refractivity contribution in [3.8, 4) is 44.5 Å². The number of rotatable bonds is 6. The zero-order valence-corrected chi connectivity index (χ0v) is 33.3. The molecule has 9 aromatic rings. The van der Waals surface area contributed by atoms with Crippen LogP contribution in [0.1, 0.15) is 47.2 Å². The normalized spacial score (nSPS) is 13.9. The van der Waals surface area contributed by atoms with Crippen LogP contribution in [0.4, 0.5) is 17.1 Å². The minimum absolute atomic E-state index is 0.183. The minimum Gasteiger partial charge on any atom is -0.310 e. The van der Waals surface area contributed by atoms with Crippen molar-refractivity contribution >= 4 is 17.1 Å². The van der Waals surface area contributed by atoms with Crippen molar-refractivity contribution in [2.75, 3.05) is 4.90 Å². The first-order valence-corrected chi connectivity index (χ1v) is 20.7. The summed E-state index contributed by atoms with van der Waals surface area (Å²) in [4.78, 5) is 2.47. The van der Waals surface area contributed by atoms with E-state index in [0.29, 0.717) is 0 Å². The fourth-order valence-electron chi connectivity index (χ4n) is 10.3. The van der Waals surface area contributed by atoms with Crippen molar-refractivity contribution in [2.24, 2.45) is 0 Å². The van der Waals surface area contributed by atoms with Gasteiger partial charge in [-0.1, -0.05) is 208 Å². The molecule has 1 nitrogen and oxygen atoms in total. The summed E-state index contributed by atoms with van der Waals surface area (Å²) in [5.41, 5.74) is 20.6. The highest BCUT2D eigenvalue weighted by Crippen LogP contribution is 2.64. The molecule has 1 spiro atoms. The second-order valence-corrected chi connectivity index (χ2v) is 16.4. The molecule has 0 aliphatic heterocycles. The predicted octanol–water partition coefficient (Wildman–Crippen LogP) is 15.2. The van der Waals surface area contributed by atoms with E-state index in [1.54, 1.807) is 0 Å². The van der Waals surface area contributed by atoms with E-state index in [9.17, 15) is 0 Å². The van der Waals surface area contributed by atoms with E-state index < -0.39 is 5.41 Å². The molecule has 1 heteroatoms. The maximum absolute atomic E-state index is 2.52. The number of hydrogen-bond donors (Lipinski definition) is 0. The second-order valence-electron chi connectivity index (χ2n) is 16.4. The Kier molecular flexibility index (Phi) is 8.13. The smallest absolute Gasteiger partial charge is 0.0720 e. The van der Waals surface area contributed by atoms with Crippen LogP contribution >= 0.6 is 0 Å². The van der Waals surface area contributed by atoms with Gasteiger partial charge in [-0.05, 0) is 103 Å². The highest BCUT2D eigenvalue weighted by atomic mass is 15.1. The van der Waals surface area contributed by atoms with Crippen LogP contribution in [0.3, 0.4) is 0 Å². The van der Waals surface area contributed by atoms with Gasteiger partial charge in [0.2, 0.25) is 0 Å². The fourth-order valence-corrected chi connectivity index (χ4v) is 10.3. The zero-order valence-electron chi connectivity index (χ0n) is 33.3. The topological polar surface area (TPSA) is 3.24 Å². The summed E-state index contributed by atoms with van der Waals surface area (Å²) in [6.07, 6.45) is 0. The third-order valence-corrected chi connectivity index (χ3v) is 13.0. The minimum atomic E-state index is -0.546. The molecule has 11 rings (SSSR count). The Morgan fingerprint density at radius 1 is 0.305 bits per heavy atom. The highest BCUT2D eigenvalue weighted by molar-refractivity contribution is 5.98. The lowest BCUT2D eigenvalue weighted by atomic mass is 9.55. The first kappa shape index (κ1) is 35.0. The summed E-state index contributed by atoms with van der Waals surface area (Å²) < 4.78 is 0. The van der Waals surface area contributed by atoms with Gasteiger partial charge in [0.05, 0.1) is 11.1 Å². The van der Waals surface area contributed by atoms with E-state index in [1.165, 1.54) is 77.9 Å². The zero-order chi connectivity index (χ0) is 39.6. The van der Waals surface area contributed by atoms with Gasteiger partial charge in [-0.15, -0.1) is 0 Å². The summed E-state index contributed by atoms with van der Waals surface area (Å²) in [6, 6.07) is 83.0. The first-order chi connectivity index (χ1) is 29.0. The summed E-state index contributed by atoms with van der Waals surface area (Å²) in [5, 5.41) is 0. The summed E-state index contributed by atoms with van der Waals surface area (Å²) in [5.74, 6) is 0. The van der Waals surface area contributed by atoms with Crippen LogP contribution in [0.2, 0.25) is 0 Å². The fraction of sp³-hybridized carbons (Fsp3) is 0.0690. The van der Waals surface area contributed by atoms with Crippen LogP contribution < -0.4 is 4.90 Å². The molecular formula is C58H43N. The predicted molar refractivity (Wildman–Crippen MR) is 247 cm³/mol.